The Balaban J connectivity index is 0.000000625. The van der Waals surface area contributed by atoms with E-state index >= 15 is 0 Å². The Morgan fingerprint density at radius 2 is 1.30 bits per heavy atom. The molecular weight excluding hydrogens is 604 g/mol. The number of phenols is 1. The summed E-state index contributed by atoms with van der Waals surface area (Å²) in [6, 6.07) is 29.4. The second kappa shape index (κ2) is 23.6. The molecule has 0 aliphatic carbocycles. The Morgan fingerprint density at radius 3 is 1.76 bits per heavy atom. The summed E-state index contributed by atoms with van der Waals surface area (Å²) in [4.78, 5) is 38.7. The monoisotopic (exact) mass is 648 g/mol. The molecule has 0 atom stereocenters. The summed E-state index contributed by atoms with van der Waals surface area (Å²) in [7, 11) is 3.79. The van der Waals surface area contributed by atoms with Crippen molar-refractivity contribution in [3.05, 3.63) is 124 Å². The van der Waals surface area contributed by atoms with Crippen LogP contribution in [0.25, 0.3) is 11.1 Å². The molecule has 0 saturated carbocycles. The number of amides is 1. The van der Waals surface area contributed by atoms with Crippen LogP contribution in [0, 0.1) is 12.8 Å². The molecule has 0 aromatic heterocycles. The summed E-state index contributed by atoms with van der Waals surface area (Å²) in [5.41, 5.74) is 7.03. The lowest BCUT2D eigenvalue weighted by Crippen LogP contribution is -2.11. The predicted molar refractivity (Wildman–Crippen MR) is 186 cm³/mol. The Labute approximate surface area is 277 Å². The standard InChI is InChI=1S/C13H11Cl.C12H17NO.C10H13NO3.2CH2O/c1-10-2-4-11(5-3-10)12-6-8-13(14)9-7-12;1-10(2)7-11-3-5-12(6-4-11)8-13-9-14;1-11(2)6-7-3-4-9(12)8(5-7)10(13)14;2*1-2/h2-9H,1H3;3-6,9-10H,7-8H2,1-2H3,(H,13,14);3-5,12H,6H2,1-2H3,(H,13,14);2*1H2. The molecule has 0 saturated heterocycles. The molecule has 1 amide bonds. The summed E-state index contributed by atoms with van der Waals surface area (Å²) in [5, 5.41) is 21.4. The molecule has 0 bridgehead atoms. The number of carboxylic acid groups (broad SMARTS) is 1. The van der Waals surface area contributed by atoms with E-state index in [1.165, 1.54) is 34.4 Å². The quantitative estimate of drug-likeness (QED) is 0.164. The number of aromatic hydroxyl groups is 1. The molecule has 4 rings (SSSR count). The molecule has 8 nitrogen and oxygen atoms in total. The predicted octanol–water partition coefficient (Wildman–Crippen LogP) is 7.23. The van der Waals surface area contributed by atoms with Crippen molar-refractivity contribution in [3.8, 4) is 16.9 Å². The number of nitrogens with zero attached hydrogens (tertiary/aromatic N) is 1. The lowest BCUT2D eigenvalue weighted by atomic mass is 10.0. The van der Waals surface area contributed by atoms with Gasteiger partial charge in [0.25, 0.3) is 0 Å². The van der Waals surface area contributed by atoms with E-state index in [0.29, 0.717) is 19.0 Å². The maximum atomic E-state index is 10.7. The molecule has 0 heterocycles. The van der Waals surface area contributed by atoms with Gasteiger partial charge in [-0.05, 0) is 85.4 Å². The number of carboxylic acids is 1. The van der Waals surface area contributed by atoms with E-state index in [9.17, 15) is 14.7 Å². The van der Waals surface area contributed by atoms with Crippen molar-refractivity contribution in [3.63, 3.8) is 0 Å². The van der Waals surface area contributed by atoms with Gasteiger partial charge in [-0.25, -0.2) is 4.79 Å². The van der Waals surface area contributed by atoms with Crippen LogP contribution in [0.5, 0.6) is 5.75 Å². The maximum absolute atomic E-state index is 10.7. The van der Waals surface area contributed by atoms with Crippen molar-refractivity contribution >= 4 is 37.6 Å². The van der Waals surface area contributed by atoms with Crippen molar-refractivity contribution in [1.82, 2.24) is 10.2 Å². The van der Waals surface area contributed by atoms with Crippen molar-refractivity contribution in [2.75, 3.05) is 14.1 Å². The SMILES string of the molecule is C=O.C=O.CC(C)Cc1ccc(CNC=O)cc1.CN(C)Cc1ccc(O)c(C(=O)O)c1.Cc1ccc(-c2ccc(Cl)cc2)cc1. The van der Waals surface area contributed by atoms with Gasteiger partial charge in [0.15, 0.2) is 0 Å². The van der Waals surface area contributed by atoms with Gasteiger partial charge in [0.2, 0.25) is 6.41 Å². The van der Waals surface area contributed by atoms with Gasteiger partial charge in [0, 0.05) is 18.1 Å². The number of aryl methyl sites for hydroxylation is 1. The molecule has 46 heavy (non-hydrogen) atoms. The Morgan fingerprint density at radius 1 is 0.826 bits per heavy atom. The molecule has 0 fully saturated rings. The van der Waals surface area contributed by atoms with Gasteiger partial charge >= 0.3 is 5.97 Å². The Kier molecular flexibility index (Phi) is 21.1. The number of rotatable bonds is 9. The van der Waals surface area contributed by atoms with E-state index in [0.717, 1.165) is 29.0 Å². The van der Waals surface area contributed by atoms with E-state index < -0.39 is 5.97 Å². The van der Waals surface area contributed by atoms with Crippen LogP contribution >= 0.6 is 11.6 Å². The summed E-state index contributed by atoms with van der Waals surface area (Å²) in [6.45, 7) is 11.8. The number of hydrogen-bond donors (Lipinski definition) is 3. The van der Waals surface area contributed by atoms with Crippen LogP contribution in [0.2, 0.25) is 5.02 Å². The number of benzene rings is 4. The number of hydrogen-bond acceptors (Lipinski definition) is 6. The largest absolute Gasteiger partial charge is 0.507 e. The highest BCUT2D eigenvalue weighted by atomic mass is 35.5. The minimum Gasteiger partial charge on any atom is -0.507 e. The van der Waals surface area contributed by atoms with Crippen LogP contribution in [-0.2, 0) is 33.9 Å². The normalized spacial score (nSPS) is 9.57. The minimum absolute atomic E-state index is 0.0515. The first kappa shape index (κ1) is 41.2. The molecule has 246 valence electrons. The molecular formula is C37H45ClN2O6. The van der Waals surface area contributed by atoms with Crippen LogP contribution in [0.3, 0.4) is 0 Å². The summed E-state index contributed by atoms with van der Waals surface area (Å²) < 4.78 is 0. The van der Waals surface area contributed by atoms with Crippen LogP contribution in [0.1, 0.15) is 46.5 Å². The third-order valence-electron chi connectivity index (χ3n) is 6.08. The zero-order valence-corrected chi connectivity index (χ0v) is 28.0. The molecule has 4 aromatic rings. The lowest BCUT2D eigenvalue weighted by Gasteiger charge is -2.10. The van der Waals surface area contributed by atoms with Crippen molar-refractivity contribution < 1.29 is 29.4 Å². The van der Waals surface area contributed by atoms with E-state index in [1.807, 2.05) is 56.8 Å². The fourth-order valence-electron chi connectivity index (χ4n) is 4.03. The highest BCUT2D eigenvalue weighted by Gasteiger charge is 2.10. The fraction of sp³-hybridized carbons (Fsp3) is 0.243. The lowest BCUT2D eigenvalue weighted by molar-refractivity contribution is -0.109. The third kappa shape index (κ3) is 16.9. The topological polar surface area (TPSA) is 124 Å². The third-order valence-corrected chi connectivity index (χ3v) is 6.33. The first-order valence-corrected chi connectivity index (χ1v) is 14.7. The average Bonchev–Trinajstić information content (AvgIpc) is 3.04. The highest BCUT2D eigenvalue weighted by Crippen LogP contribution is 2.22. The van der Waals surface area contributed by atoms with Gasteiger partial charge in [-0.1, -0.05) is 97.7 Å². The fourth-order valence-corrected chi connectivity index (χ4v) is 4.16. The first-order chi connectivity index (χ1) is 22.0. The smallest absolute Gasteiger partial charge is 0.339 e. The molecule has 4 aromatic carbocycles. The summed E-state index contributed by atoms with van der Waals surface area (Å²) >= 11 is 5.82. The van der Waals surface area contributed by atoms with Gasteiger partial charge in [-0.15, -0.1) is 0 Å². The van der Waals surface area contributed by atoms with E-state index in [-0.39, 0.29) is 11.3 Å². The second-order valence-electron chi connectivity index (χ2n) is 10.7. The highest BCUT2D eigenvalue weighted by molar-refractivity contribution is 6.30. The number of carbonyl (C=O) groups excluding carboxylic acids is 3. The van der Waals surface area contributed by atoms with Crippen LogP contribution in [0.4, 0.5) is 0 Å². The van der Waals surface area contributed by atoms with E-state index in [4.69, 9.17) is 26.3 Å². The number of nitrogens with one attached hydrogen (secondary N) is 1. The van der Waals surface area contributed by atoms with Crippen LogP contribution in [-0.4, -0.2) is 55.2 Å². The second-order valence-corrected chi connectivity index (χ2v) is 11.1. The molecule has 3 N–H and O–H groups in total. The zero-order chi connectivity index (χ0) is 35.1. The summed E-state index contributed by atoms with van der Waals surface area (Å²) in [5.74, 6) is -0.614. The maximum Gasteiger partial charge on any atom is 0.339 e. The van der Waals surface area contributed by atoms with E-state index in [1.54, 1.807) is 6.07 Å². The van der Waals surface area contributed by atoms with Crippen molar-refractivity contribution in [2.24, 2.45) is 5.92 Å². The van der Waals surface area contributed by atoms with Crippen LogP contribution in [0.15, 0.2) is 91.0 Å². The van der Waals surface area contributed by atoms with Gasteiger partial charge < -0.3 is 30.0 Å². The Bertz CT molecular complexity index is 1380. The molecule has 0 aliphatic rings. The van der Waals surface area contributed by atoms with Gasteiger partial charge in [-0.3, -0.25) is 4.79 Å². The minimum atomic E-state index is -1.11. The van der Waals surface area contributed by atoms with E-state index in [2.05, 4.69) is 74.6 Å². The van der Waals surface area contributed by atoms with Crippen LogP contribution < -0.4 is 5.32 Å². The Hall–Kier alpha value is -4.79. The first-order valence-electron chi connectivity index (χ1n) is 14.3. The molecule has 0 aliphatic heterocycles. The number of carbonyl (C=O) groups is 4. The molecule has 9 heteroatoms. The molecule has 0 spiro atoms. The average molecular weight is 649 g/mol. The number of halogens is 1. The van der Waals surface area contributed by atoms with Crippen molar-refractivity contribution in [1.29, 1.82) is 0 Å². The number of aromatic carboxylic acids is 1. The van der Waals surface area contributed by atoms with Gasteiger partial charge in [0.05, 0.1) is 0 Å². The summed E-state index contributed by atoms with van der Waals surface area (Å²) in [6.07, 6.45) is 1.84. The van der Waals surface area contributed by atoms with Crippen molar-refractivity contribution in [2.45, 2.75) is 40.3 Å². The van der Waals surface area contributed by atoms with Gasteiger partial charge in [0.1, 0.15) is 24.9 Å². The molecule has 0 unspecified atom stereocenters. The van der Waals surface area contributed by atoms with Gasteiger partial charge in [-0.2, -0.15) is 0 Å². The zero-order valence-electron chi connectivity index (χ0n) is 27.2. The molecule has 0 radical (unpaired) electrons.